The van der Waals surface area contributed by atoms with Gasteiger partial charge in [-0.15, -0.1) is 0 Å². The molecule has 0 fully saturated rings. The average molecular weight is 442 g/mol. The molecule has 0 saturated heterocycles. The van der Waals surface area contributed by atoms with Crippen LogP contribution in [0.2, 0.25) is 10.0 Å². The Kier molecular flexibility index (Phi) is 7.59. The fraction of sp³-hybridized carbons (Fsp3) is 0.300. The van der Waals surface area contributed by atoms with Crippen molar-refractivity contribution in [1.82, 2.24) is 0 Å². The predicted octanol–water partition coefficient (Wildman–Crippen LogP) is 4.35. The molecule has 29 heavy (non-hydrogen) atoms. The highest BCUT2D eigenvalue weighted by atomic mass is 35.5. The zero-order valence-corrected chi connectivity index (χ0v) is 17.9. The van der Waals surface area contributed by atoms with E-state index in [4.69, 9.17) is 42.1 Å². The van der Waals surface area contributed by atoms with E-state index in [1.807, 2.05) is 0 Å². The molecule has 0 bridgehead atoms. The van der Waals surface area contributed by atoms with Crippen molar-refractivity contribution >= 4 is 40.8 Å². The predicted molar refractivity (Wildman–Crippen MR) is 110 cm³/mol. The minimum absolute atomic E-state index is 0.325. The molecule has 0 aliphatic heterocycles. The molecule has 0 unspecified atom stereocenters. The molecule has 0 radical (unpaired) electrons. The van der Waals surface area contributed by atoms with Gasteiger partial charge in [-0.25, -0.2) is 4.79 Å². The first-order chi connectivity index (χ1) is 13.7. The fourth-order valence-corrected chi connectivity index (χ4v) is 2.65. The van der Waals surface area contributed by atoms with Crippen molar-refractivity contribution in [2.75, 3.05) is 26.1 Å². The smallest absolute Gasteiger partial charge is 0.350 e. The van der Waals surface area contributed by atoms with Crippen LogP contribution < -0.4 is 19.5 Å². The van der Waals surface area contributed by atoms with Crippen LogP contribution in [0.15, 0.2) is 36.4 Å². The lowest BCUT2D eigenvalue weighted by molar-refractivity contribution is -0.161. The number of halogens is 2. The molecule has 1 amide bonds. The minimum atomic E-state index is -1.31. The number of nitrogens with one attached hydrogen (secondary N) is 1. The number of amides is 1. The van der Waals surface area contributed by atoms with Crippen LogP contribution in [0.25, 0.3) is 0 Å². The highest BCUT2D eigenvalue weighted by molar-refractivity contribution is 6.32. The summed E-state index contributed by atoms with van der Waals surface area (Å²) in [7, 11) is 2.88. The number of rotatable bonds is 8. The number of benzene rings is 2. The first-order valence-electron chi connectivity index (χ1n) is 8.49. The Bertz CT molecular complexity index is 883. The third-order valence-corrected chi connectivity index (χ3v) is 4.31. The molecule has 0 saturated carbocycles. The molecule has 2 aromatic rings. The Morgan fingerprint density at radius 1 is 1.00 bits per heavy atom. The molecule has 0 aliphatic carbocycles. The summed E-state index contributed by atoms with van der Waals surface area (Å²) in [4.78, 5) is 24.6. The van der Waals surface area contributed by atoms with Gasteiger partial charge in [-0.05, 0) is 38.1 Å². The van der Waals surface area contributed by atoms with E-state index in [1.165, 1.54) is 40.2 Å². The van der Waals surface area contributed by atoms with Crippen molar-refractivity contribution in [2.24, 2.45) is 0 Å². The monoisotopic (exact) mass is 441 g/mol. The molecule has 0 aliphatic rings. The van der Waals surface area contributed by atoms with Crippen LogP contribution in [-0.2, 0) is 14.3 Å². The molecule has 9 heteroatoms. The second kappa shape index (κ2) is 9.71. The van der Waals surface area contributed by atoms with E-state index in [-0.39, 0.29) is 0 Å². The van der Waals surface area contributed by atoms with Crippen LogP contribution in [0.1, 0.15) is 13.8 Å². The second-order valence-corrected chi connectivity index (χ2v) is 7.22. The first-order valence-corrected chi connectivity index (χ1v) is 9.25. The van der Waals surface area contributed by atoms with Crippen molar-refractivity contribution < 1.29 is 28.5 Å². The summed E-state index contributed by atoms with van der Waals surface area (Å²) in [6, 6.07) is 9.55. The van der Waals surface area contributed by atoms with Gasteiger partial charge in [-0.3, -0.25) is 4.79 Å². The van der Waals surface area contributed by atoms with Gasteiger partial charge in [0, 0.05) is 17.2 Å². The van der Waals surface area contributed by atoms with Gasteiger partial charge in [0.2, 0.25) is 0 Å². The number of carbonyl (C=O) groups excluding carboxylic acids is 2. The molecule has 2 rings (SSSR count). The maximum Gasteiger partial charge on any atom is 0.350 e. The van der Waals surface area contributed by atoms with Gasteiger partial charge in [-0.1, -0.05) is 23.2 Å². The van der Waals surface area contributed by atoms with E-state index in [0.717, 1.165) is 0 Å². The van der Waals surface area contributed by atoms with E-state index in [0.29, 0.717) is 33.0 Å². The third kappa shape index (κ3) is 6.17. The summed E-state index contributed by atoms with van der Waals surface area (Å²) >= 11 is 11.9. The van der Waals surface area contributed by atoms with Gasteiger partial charge in [0.05, 0.1) is 24.9 Å². The largest absolute Gasteiger partial charge is 0.495 e. The number of hydrogen-bond acceptors (Lipinski definition) is 6. The fourth-order valence-electron chi connectivity index (χ4n) is 2.29. The molecule has 0 atom stereocenters. The number of carbonyl (C=O) groups is 2. The number of esters is 1. The maximum atomic E-state index is 12.3. The summed E-state index contributed by atoms with van der Waals surface area (Å²) in [5.41, 5.74) is -0.985. The van der Waals surface area contributed by atoms with Crippen molar-refractivity contribution in [3.63, 3.8) is 0 Å². The zero-order valence-electron chi connectivity index (χ0n) is 16.4. The quantitative estimate of drug-likeness (QED) is 0.613. The lowest BCUT2D eigenvalue weighted by atomic mass is 10.1. The first kappa shape index (κ1) is 22.6. The molecular formula is C20H21Cl2NO6. The molecule has 0 spiro atoms. The Morgan fingerprint density at radius 2 is 1.62 bits per heavy atom. The van der Waals surface area contributed by atoms with Crippen molar-refractivity contribution in [2.45, 2.75) is 19.4 Å². The molecule has 7 nitrogen and oxygen atoms in total. The standard InChI is InChI=1S/C20H21Cl2NO6/c1-20(2,29-13-7-5-12(21)6-8-13)19(25)28-11-18(24)23-15-10-16(26-3)14(22)9-17(15)27-4/h5-10H,11H2,1-4H3,(H,23,24). The van der Waals surface area contributed by atoms with Gasteiger partial charge >= 0.3 is 5.97 Å². The van der Waals surface area contributed by atoms with Crippen LogP contribution in [0.5, 0.6) is 17.2 Å². The molecule has 1 N–H and O–H groups in total. The summed E-state index contributed by atoms with van der Waals surface area (Å²) in [6.45, 7) is 2.56. The Hall–Kier alpha value is -2.64. The SMILES string of the molecule is COc1cc(NC(=O)COC(=O)C(C)(C)Oc2ccc(Cl)cc2)c(OC)cc1Cl. The van der Waals surface area contributed by atoms with E-state index in [9.17, 15) is 9.59 Å². The van der Waals surface area contributed by atoms with E-state index >= 15 is 0 Å². The number of ether oxygens (including phenoxy) is 4. The van der Waals surface area contributed by atoms with E-state index in [2.05, 4.69) is 5.32 Å². The van der Waals surface area contributed by atoms with E-state index < -0.39 is 24.1 Å². The van der Waals surface area contributed by atoms with Crippen molar-refractivity contribution in [1.29, 1.82) is 0 Å². The highest BCUT2D eigenvalue weighted by Gasteiger charge is 2.32. The summed E-state index contributed by atoms with van der Waals surface area (Å²) in [5.74, 6) is -0.135. The van der Waals surface area contributed by atoms with Gasteiger partial charge in [-0.2, -0.15) is 0 Å². The molecule has 0 aromatic heterocycles. The molecule has 2 aromatic carbocycles. The third-order valence-electron chi connectivity index (χ3n) is 3.76. The number of hydrogen-bond donors (Lipinski definition) is 1. The zero-order chi connectivity index (χ0) is 21.6. The second-order valence-electron chi connectivity index (χ2n) is 6.38. The summed E-state index contributed by atoms with van der Waals surface area (Å²) in [5, 5.41) is 3.46. The van der Waals surface area contributed by atoms with Crippen LogP contribution in [-0.4, -0.2) is 38.3 Å². The normalized spacial score (nSPS) is 10.8. The van der Waals surface area contributed by atoms with Gasteiger partial charge in [0.25, 0.3) is 5.91 Å². The van der Waals surface area contributed by atoms with Crippen LogP contribution >= 0.6 is 23.2 Å². The average Bonchev–Trinajstić information content (AvgIpc) is 2.68. The molecular weight excluding hydrogens is 421 g/mol. The van der Waals surface area contributed by atoms with Crippen molar-refractivity contribution in [3.05, 3.63) is 46.4 Å². The van der Waals surface area contributed by atoms with Crippen LogP contribution in [0.4, 0.5) is 5.69 Å². The topological polar surface area (TPSA) is 83.1 Å². The Morgan fingerprint density at radius 3 is 2.21 bits per heavy atom. The highest BCUT2D eigenvalue weighted by Crippen LogP contribution is 2.35. The minimum Gasteiger partial charge on any atom is -0.495 e. The lowest BCUT2D eigenvalue weighted by Crippen LogP contribution is -2.41. The summed E-state index contributed by atoms with van der Waals surface area (Å²) in [6.07, 6.45) is 0. The Labute approximate surface area is 178 Å². The Balaban J connectivity index is 1.97. The summed E-state index contributed by atoms with van der Waals surface area (Å²) < 4.78 is 21.0. The van der Waals surface area contributed by atoms with Gasteiger partial charge < -0.3 is 24.3 Å². The number of methoxy groups -OCH3 is 2. The maximum absolute atomic E-state index is 12.3. The van der Waals surface area contributed by atoms with E-state index in [1.54, 1.807) is 24.3 Å². The number of anilines is 1. The lowest BCUT2D eigenvalue weighted by Gasteiger charge is -2.24. The van der Waals surface area contributed by atoms with Crippen LogP contribution in [0.3, 0.4) is 0 Å². The van der Waals surface area contributed by atoms with Gasteiger partial charge in [0.15, 0.2) is 12.2 Å². The molecule has 0 heterocycles. The van der Waals surface area contributed by atoms with Crippen molar-refractivity contribution in [3.8, 4) is 17.2 Å². The van der Waals surface area contributed by atoms with Crippen LogP contribution in [0, 0.1) is 0 Å². The van der Waals surface area contributed by atoms with Gasteiger partial charge in [0.1, 0.15) is 17.2 Å². The molecule has 156 valence electrons.